The number of pyridine rings is 1. The summed E-state index contributed by atoms with van der Waals surface area (Å²) in [6.45, 7) is 3.30. The summed E-state index contributed by atoms with van der Waals surface area (Å²) >= 11 is 5.83. The van der Waals surface area contributed by atoms with Gasteiger partial charge >= 0.3 is 5.76 Å². The zero-order valence-corrected chi connectivity index (χ0v) is 24.2. The van der Waals surface area contributed by atoms with Crippen LogP contribution in [0.1, 0.15) is 29.8 Å². The fourth-order valence-corrected chi connectivity index (χ4v) is 5.57. The number of hydrogen-bond acceptors (Lipinski definition) is 8. The van der Waals surface area contributed by atoms with Crippen molar-refractivity contribution in [2.24, 2.45) is 0 Å². The summed E-state index contributed by atoms with van der Waals surface area (Å²) < 4.78 is 46.8. The summed E-state index contributed by atoms with van der Waals surface area (Å²) in [4.78, 5) is 25.8. The van der Waals surface area contributed by atoms with E-state index in [4.69, 9.17) is 26.1 Å². The van der Waals surface area contributed by atoms with Crippen LogP contribution in [0.4, 0.5) is 8.78 Å². The summed E-state index contributed by atoms with van der Waals surface area (Å²) in [5.41, 5.74) is 4.25. The smallest absolute Gasteiger partial charge is 0.439 e. The highest BCUT2D eigenvalue weighted by atomic mass is 35.5. The van der Waals surface area contributed by atoms with Crippen molar-refractivity contribution < 1.29 is 22.8 Å². The lowest BCUT2D eigenvalue weighted by Gasteiger charge is -2.29. The van der Waals surface area contributed by atoms with Gasteiger partial charge in [-0.15, -0.1) is 0 Å². The van der Waals surface area contributed by atoms with Gasteiger partial charge in [0.25, 0.3) is 0 Å². The summed E-state index contributed by atoms with van der Waals surface area (Å²) in [5.74, 6) is -0.430. The molecule has 1 atom stereocenters. The van der Waals surface area contributed by atoms with Crippen LogP contribution in [0.15, 0.2) is 64.1 Å². The first-order valence-corrected chi connectivity index (χ1v) is 14.6. The average molecular weight is 621 g/mol. The van der Waals surface area contributed by atoms with E-state index in [-0.39, 0.29) is 23.5 Å². The summed E-state index contributed by atoms with van der Waals surface area (Å²) in [5, 5.41) is 4.05. The fourth-order valence-electron chi connectivity index (χ4n) is 5.41. The van der Waals surface area contributed by atoms with E-state index in [2.05, 4.69) is 35.2 Å². The highest BCUT2D eigenvalue weighted by molar-refractivity contribution is 6.30. The number of fused-ring (bicyclic) bond motifs is 1. The molecular weight excluding hydrogens is 594 g/mol. The molecule has 0 saturated carbocycles. The van der Waals surface area contributed by atoms with Crippen molar-refractivity contribution in [3.05, 3.63) is 98.9 Å². The Hall–Kier alpha value is -4.39. The number of rotatable bonds is 9. The minimum absolute atomic E-state index is 0.0636. The van der Waals surface area contributed by atoms with Crippen molar-refractivity contribution in [2.45, 2.75) is 38.6 Å². The van der Waals surface area contributed by atoms with Crippen molar-refractivity contribution in [2.75, 3.05) is 19.7 Å². The zero-order valence-electron chi connectivity index (χ0n) is 23.4. The Morgan fingerprint density at radius 1 is 1.11 bits per heavy atom. The van der Waals surface area contributed by atoms with Gasteiger partial charge in [-0.05, 0) is 54.3 Å². The lowest BCUT2D eigenvalue weighted by Crippen LogP contribution is -2.33. The molecule has 1 saturated heterocycles. The number of ether oxygens (including phenoxy) is 2. The Morgan fingerprint density at radius 2 is 2.00 bits per heavy atom. The Labute approximate surface area is 254 Å². The molecule has 3 aromatic heterocycles. The molecule has 0 spiro atoms. The van der Waals surface area contributed by atoms with Crippen LogP contribution in [0.25, 0.3) is 28.1 Å². The maximum atomic E-state index is 14.6. The molecule has 1 fully saturated rings. The largest absolute Gasteiger partial charge is 0.486 e. The van der Waals surface area contributed by atoms with E-state index in [1.807, 2.05) is 6.07 Å². The molecule has 0 unspecified atom stereocenters. The molecule has 5 heterocycles. The average Bonchev–Trinajstić information content (AvgIpc) is 3.58. The number of H-pyrrole nitrogens is 1. The van der Waals surface area contributed by atoms with Crippen LogP contribution in [0.3, 0.4) is 0 Å². The number of nitrogens with zero attached hydrogens (tertiary/aromatic N) is 5. The minimum atomic E-state index is -0.635. The second-order valence-corrected chi connectivity index (χ2v) is 11.3. The number of benzene rings is 2. The van der Waals surface area contributed by atoms with Crippen molar-refractivity contribution in [1.29, 1.82) is 0 Å². The molecule has 226 valence electrons. The summed E-state index contributed by atoms with van der Waals surface area (Å²) in [6, 6.07) is 10.9. The third-order valence-electron chi connectivity index (χ3n) is 7.92. The highest BCUT2D eigenvalue weighted by Crippen LogP contribution is 2.30. The maximum Gasteiger partial charge on any atom is 0.439 e. The molecule has 44 heavy (non-hydrogen) atoms. The van der Waals surface area contributed by atoms with Crippen molar-refractivity contribution in [3.63, 3.8) is 0 Å². The third kappa shape index (κ3) is 5.88. The van der Waals surface area contributed by atoms with Crippen LogP contribution < -0.4 is 10.5 Å². The molecule has 0 radical (unpaired) electrons. The summed E-state index contributed by atoms with van der Waals surface area (Å²) in [7, 11) is 0. The summed E-state index contributed by atoms with van der Waals surface area (Å²) in [6.07, 6.45) is 5.59. The molecule has 0 bridgehead atoms. The molecule has 0 aliphatic carbocycles. The predicted molar refractivity (Wildman–Crippen MR) is 158 cm³/mol. The van der Waals surface area contributed by atoms with E-state index >= 15 is 0 Å². The lowest BCUT2D eigenvalue weighted by molar-refractivity contribution is -0.0592. The SMILES string of the molecule is O=c1[nH]c(-c2cnc3c(c2)nc(CN2CC=C(c4ccc(F)c(OCc5ccc(Cl)cc5F)c4)CC2)n3C[C@@H]2CCO2)no1. The van der Waals surface area contributed by atoms with Crippen LogP contribution in [-0.4, -0.2) is 55.4 Å². The lowest BCUT2D eigenvalue weighted by atomic mass is 9.99. The van der Waals surface area contributed by atoms with Gasteiger partial charge in [0.05, 0.1) is 19.2 Å². The molecule has 2 aromatic carbocycles. The van der Waals surface area contributed by atoms with Crippen molar-refractivity contribution in [1.82, 2.24) is 29.6 Å². The van der Waals surface area contributed by atoms with E-state index in [1.165, 1.54) is 18.2 Å². The van der Waals surface area contributed by atoms with Crippen LogP contribution in [-0.2, 0) is 24.4 Å². The fraction of sp³-hybridized carbons (Fsp3) is 0.290. The number of nitrogens with one attached hydrogen (secondary N) is 1. The third-order valence-corrected chi connectivity index (χ3v) is 8.15. The number of aromatic amines is 1. The Morgan fingerprint density at radius 3 is 2.73 bits per heavy atom. The zero-order chi connectivity index (χ0) is 30.2. The molecule has 13 heteroatoms. The Kier molecular flexibility index (Phi) is 7.71. The molecular formula is C31H27ClF2N6O4. The topological polar surface area (TPSA) is 111 Å². The standard InChI is InChI=1S/C31H27ClF2N6O4/c32-22-3-1-20(25(34)13-22)17-43-27-12-19(2-4-24(27)33)18-5-8-39(9-6-18)16-28-36-26-11-21(29-37-31(41)44-38-29)14-35-30(26)40(28)15-23-7-10-42-23/h1-5,11-14,23H,6-10,15-17H2,(H,37,38,41)/t23-/m0/s1. The molecule has 0 amide bonds. The number of aromatic nitrogens is 5. The first kappa shape index (κ1) is 28.4. The number of imidazole rings is 1. The predicted octanol–water partition coefficient (Wildman–Crippen LogP) is 5.36. The van der Waals surface area contributed by atoms with Crippen molar-refractivity contribution >= 4 is 28.3 Å². The first-order valence-electron chi connectivity index (χ1n) is 14.2. The molecule has 7 rings (SSSR count). The van der Waals surface area contributed by atoms with Crippen LogP contribution in [0.2, 0.25) is 5.02 Å². The normalized spacial score (nSPS) is 17.1. The minimum Gasteiger partial charge on any atom is -0.486 e. The van der Waals surface area contributed by atoms with Gasteiger partial charge in [-0.25, -0.2) is 23.5 Å². The van der Waals surface area contributed by atoms with Crippen LogP contribution in [0, 0.1) is 11.6 Å². The van der Waals surface area contributed by atoms with E-state index < -0.39 is 17.4 Å². The van der Waals surface area contributed by atoms with Crippen LogP contribution in [0.5, 0.6) is 5.75 Å². The highest BCUT2D eigenvalue weighted by Gasteiger charge is 2.24. The van der Waals surface area contributed by atoms with Crippen LogP contribution >= 0.6 is 11.6 Å². The van der Waals surface area contributed by atoms with Gasteiger partial charge in [0.1, 0.15) is 23.8 Å². The van der Waals surface area contributed by atoms with E-state index in [1.54, 1.807) is 24.4 Å². The van der Waals surface area contributed by atoms with Crippen molar-refractivity contribution in [3.8, 4) is 17.1 Å². The second-order valence-electron chi connectivity index (χ2n) is 10.8. The monoisotopic (exact) mass is 620 g/mol. The van der Waals surface area contributed by atoms with Gasteiger partial charge < -0.3 is 14.0 Å². The molecule has 10 nitrogen and oxygen atoms in total. The molecule has 2 aliphatic rings. The molecule has 5 aromatic rings. The quantitative estimate of drug-likeness (QED) is 0.234. The molecule has 1 N–H and O–H groups in total. The Bertz CT molecular complexity index is 1930. The van der Waals surface area contributed by atoms with Gasteiger partial charge in [0, 0.05) is 42.0 Å². The van der Waals surface area contributed by atoms with E-state index in [0.717, 1.165) is 48.6 Å². The number of hydrogen-bond donors (Lipinski definition) is 1. The second kappa shape index (κ2) is 11.9. The van der Waals surface area contributed by atoms with Gasteiger partial charge in [0.2, 0.25) is 0 Å². The van der Waals surface area contributed by atoms with Gasteiger partial charge in [-0.1, -0.05) is 35.0 Å². The Balaban J connectivity index is 1.07. The first-order chi connectivity index (χ1) is 21.4. The number of halogens is 3. The van der Waals surface area contributed by atoms with Gasteiger partial charge in [0.15, 0.2) is 23.0 Å². The van der Waals surface area contributed by atoms with E-state index in [9.17, 15) is 13.6 Å². The van der Waals surface area contributed by atoms with Gasteiger partial charge in [-0.3, -0.25) is 14.4 Å². The van der Waals surface area contributed by atoms with E-state index in [0.29, 0.717) is 42.1 Å². The maximum absolute atomic E-state index is 14.6. The van der Waals surface area contributed by atoms with Gasteiger partial charge in [-0.2, -0.15) is 0 Å². The molecule has 2 aliphatic heterocycles.